The van der Waals surface area contributed by atoms with Crippen molar-refractivity contribution in [3.63, 3.8) is 0 Å². The Morgan fingerprint density at radius 2 is 1.89 bits per heavy atom. The number of pyridine rings is 1. The third-order valence-electron chi connectivity index (χ3n) is 3.49. The molecule has 3 heteroatoms. The van der Waals surface area contributed by atoms with Crippen molar-refractivity contribution >= 4 is 16.7 Å². The lowest BCUT2D eigenvalue weighted by molar-refractivity contribution is 0.0981. The zero-order valence-corrected chi connectivity index (χ0v) is 11.9. The van der Waals surface area contributed by atoms with Crippen molar-refractivity contribution in [3.8, 4) is 0 Å². The van der Waals surface area contributed by atoms with Gasteiger partial charge in [-0.3, -0.25) is 9.59 Å². The fraction of sp³-hybridized carbons (Fsp3) is 0.375. The van der Waals surface area contributed by atoms with E-state index in [1.54, 1.807) is 13.0 Å². The first kappa shape index (κ1) is 13.5. The van der Waals surface area contributed by atoms with Crippen LogP contribution in [0, 0.1) is 13.8 Å². The van der Waals surface area contributed by atoms with E-state index in [4.69, 9.17) is 0 Å². The van der Waals surface area contributed by atoms with E-state index in [1.165, 1.54) is 0 Å². The van der Waals surface area contributed by atoms with Crippen molar-refractivity contribution in [3.05, 3.63) is 45.2 Å². The second-order valence-corrected chi connectivity index (χ2v) is 5.11. The molecule has 0 aliphatic carbocycles. The molecule has 1 aromatic carbocycles. The van der Waals surface area contributed by atoms with Gasteiger partial charge in [0.1, 0.15) is 0 Å². The fourth-order valence-corrected chi connectivity index (χ4v) is 2.46. The first-order valence-electron chi connectivity index (χ1n) is 6.59. The summed E-state index contributed by atoms with van der Waals surface area (Å²) >= 11 is 0. The van der Waals surface area contributed by atoms with Gasteiger partial charge in [0.15, 0.2) is 11.2 Å². The Balaban J connectivity index is 2.78. The Morgan fingerprint density at radius 1 is 1.21 bits per heavy atom. The largest absolute Gasteiger partial charge is 0.350 e. The van der Waals surface area contributed by atoms with Crippen molar-refractivity contribution in [2.24, 2.45) is 7.05 Å². The molecule has 0 bridgehead atoms. The van der Waals surface area contributed by atoms with E-state index in [2.05, 4.69) is 0 Å². The second-order valence-electron chi connectivity index (χ2n) is 5.11. The molecule has 0 saturated heterocycles. The van der Waals surface area contributed by atoms with Crippen LogP contribution in [0.4, 0.5) is 0 Å². The maximum atomic E-state index is 12.2. The number of aryl methyl sites for hydroxylation is 3. The Morgan fingerprint density at radius 3 is 2.53 bits per heavy atom. The molecule has 100 valence electrons. The molecule has 0 amide bonds. The van der Waals surface area contributed by atoms with Gasteiger partial charge in [0.25, 0.3) is 0 Å². The van der Waals surface area contributed by atoms with Gasteiger partial charge in [-0.1, -0.05) is 6.92 Å². The second kappa shape index (κ2) is 5.00. The smallest absolute Gasteiger partial charge is 0.192 e. The molecule has 1 heterocycles. The molecule has 0 N–H and O–H groups in total. The van der Waals surface area contributed by atoms with Gasteiger partial charge >= 0.3 is 0 Å². The van der Waals surface area contributed by atoms with Crippen LogP contribution in [-0.4, -0.2) is 10.4 Å². The Hall–Kier alpha value is -1.90. The van der Waals surface area contributed by atoms with E-state index in [1.807, 2.05) is 37.7 Å². The zero-order chi connectivity index (χ0) is 14.2. The normalized spacial score (nSPS) is 10.9. The maximum Gasteiger partial charge on any atom is 0.192 e. The summed E-state index contributed by atoms with van der Waals surface area (Å²) in [6.07, 6.45) is 3.18. The standard InChI is InChI=1S/C16H19NO2/c1-5-6-15(18)12-8-13-14(7-10(12)2)17(4)9-11(3)16(13)19/h7-9H,5-6H2,1-4H3. The quantitative estimate of drug-likeness (QED) is 0.792. The third kappa shape index (κ3) is 2.33. The molecule has 1 aromatic heterocycles. The van der Waals surface area contributed by atoms with Crippen LogP contribution in [0.25, 0.3) is 10.9 Å². The van der Waals surface area contributed by atoms with E-state index in [0.717, 1.165) is 17.5 Å². The third-order valence-corrected chi connectivity index (χ3v) is 3.49. The summed E-state index contributed by atoms with van der Waals surface area (Å²) in [7, 11) is 1.92. The number of ketones is 1. The van der Waals surface area contributed by atoms with Crippen LogP contribution in [0.1, 0.15) is 41.3 Å². The van der Waals surface area contributed by atoms with E-state index in [-0.39, 0.29) is 11.2 Å². The lowest BCUT2D eigenvalue weighted by Crippen LogP contribution is -2.12. The van der Waals surface area contributed by atoms with Crippen LogP contribution in [0.2, 0.25) is 0 Å². The highest BCUT2D eigenvalue weighted by atomic mass is 16.1. The number of carbonyl (C=O) groups excluding carboxylic acids is 1. The van der Waals surface area contributed by atoms with E-state index >= 15 is 0 Å². The number of Topliss-reactive ketones (excluding diaryl/α,β-unsaturated/α-hetero) is 1. The average Bonchev–Trinajstić information content (AvgIpc) is 2.36. The number of nitrogens with zero attached hydrogens (tertiary/aromatic N) is 1. The average molecular weight is 257 g/mol. The van der Waals surface area contributed by atoms with Crippen molar-refractivity contribution in [1.29, 1.82) is 0 Å². The fourth-order valence-electron chi connectivity index (χ4n) is 2.46. The van der Waals surface area contributed by atoms with Crippen molar-refractivity contribution < 1.29 is 4.79 Å². The van der Waals surface area contributed by atoms with Crippen LogP contribution in [-0.2, 0) is 7.05 Å². The number of fused-ring (bicyclic) bond motifs is 1. The van der Waals surface area contributed by atoms with Gasteiger partial charge in [0, 0.05) is 36.2 Å². The van der Waals surface area contributed by atoms with E-state index in [0.29, 0.717) is 22.9 Å². The molecule has 19 heavy (non-hydrogen) atoms. The minimum atomic E-state index is 0.0126. The summed E-state index contributed by atoms with van der Waals surface area (Å²) in [4.78, 5) is 24.3. The summed E-state index contributed by atoms with van der Waals surface area (Å²) in [6, 6.07) is 3.69. The molecule has 3 nitrogen and oxygen atoms in total. The minimum absolute atomic E-state index is 0.0126. The summed E-state index contributed by atoms with van der Waals surface area (Å²) in [6.45, 7) is 5.71. The van der Waals surface area contributed by atoms with Gasteiger partial charge in [-0.15, -0.1) is 0 Å². The molecule has 2 aromatic rings. The van der Waals surface area contributed by atoms with Gasteiger partial charge in [0.05, 0.1) is 5.52 Å². The van der Waals surface area contributed by atoms with Crippen molar-refractivity contribution in [2.75, 3.05) is 0 Å². The van der Waals surface area contributed by atoms with Crippen LogP contribution in [0.3, 0.4) is 0 Å². The Bertz CT molecular complexity index is 711. The summed E-state index contributed by atoms with van der Waals surface area (Å²) in [5, 5.41) is 0.632. The van der Waals surface area contributed by atoms with Gasteiger partial charge in [-0.25, -0.2) is 0 Å². The van der Waals surface area contributed by atoms with Gasteiger partial charge < -0.3 is 4.57 Å². The zero-order valence-electron chi connectivity index (χ0n) is 11.9. The number of benzene rings is 1. The molecule has 0 spiro atoms. The first-order valence-corrected chi connectivity index (χ1v) is 6.59. The Labute approximate surface area is 112 Å². The Kier molecular flexibility index (Phi) is 3.56. The maximum absolute atomic E-state index is 12.2. The molecule has 0 radical (unpaired) electrons. The van der Waals surface area contributed by atoms with Crippen LogP contribution < -0.4 is 5.43 Å². The molecule has 0 aliphatic heterocycles. The predicted octanol–water partition coefficient (Wildman–Crippen LogP) is 3.14. The van der Waals surface area contributed by atoms with E-state index in [9.17, 15) is 9.59 Å². The number of hydrogen-bond acceptors (Lipinski definition) is 2. The van der Waals surface area contributed by atoms with Gasteiger partial charge in [-0.2, -0.15) is 0 Å². The van der Waals surface area contributed by atoms with Crippen LogP contribution >= 0.6 is 0 Å². The topological polar surface area (TPSA) is 39.1 Å². The molecular formula is C16H19NO2. The highest BCUT2D eigenvalue weighted by Crippen LogP contribution is 2.19. The number of aromatic nitrogens is 1. The number of rotatable bonds is 3. The van der Waals surface area contributed by atoms with Crippen LogP contribution in [0.15, 0.2) is 23.1 Å². The van der Waals surface area contributed by atoms with Gasteiger partial charge in [-0.05, 0) is 38.0 Å². The number of carbonyl (C=O) groups is 1. The summed E-state index contributed by atoms with van der Waals surface area (Å²) in [5.74, 6) is 0.116. The first-order chi connectivity index (χ1) is 8.95. The molecule has 0 fully saturated rings. The molecule has 0 saturated carbocycles. The highest BCUT2D eigenvalue weighted by molar-refractivity contribution is 6.01. The van der Waals surface area contributed by atoms with Crippen LogP contribution in [0.5, 0.6) is 0 Å². The summed E-state index contributed by atoms with van der Waals surface area (Å²) in [5.41, 5.74) is 3.20. The minimum Gasteiger partial charge on any atom is -0.350 e. The molecular weight excluding hydrogens is 238 g/mol. The summed E-state index contributed by atoms with van der Waals surface area (Å²) < 4.78 is 1.94. The molecule has 0 unspecified atom stereocenters. The molecule has 0 atom stereocenters. The molecule has 2 rings (SSSR count). The van der Waals surface area contributed by atoms with Gasteiger partial charge in [0.2, 0.25) is 0 Å². The lowest BCUT2D eigenvalue weighted by Gasteiger charge is -2.11. The monoisotopic (exact) mass is 257 g/mol. The van der Waals surface area contributed by atoms with Crippen molar-refractivity contribution in [2.45, 2.75) is 33.6 Å². The molecule has 0 aliphatic rings. The predicted molar refractivity (Wildman–Crippen MR) is 77.9 cm³/mol. The SMILES string of the molecule is CCCC(=O)c1cc2c(=O)c(C)cn(C)c2cc1C. The lowest BCUT2D eigenvalue weighted by atomic mass is 9.98. The highest BCUT2D eigenvalue weighted by Gasteiger charge is 2.12. The van der Waals surface area contributed by atoms with E-state index < -0.39 is 0 Å². The number of hydrogen-bond donors (Lipinski definition) is 0. The van der Waals surface area contributed by atoms with Crippen molar-refractivity contribution in [1.82, 2.24) is 4.57 Å².